The lowest BCUT2D eigenvalue weighted by molar-refractivity contribution is -0.123. The van der Waals surface area contributed by atoms with Gasteiger partial charge in [-0.3, -0.25) is 4.79 Å². The second-order valence-electron chi connectivity index (χ2n) is 7.07. The number of aromatic nitrogens is 3. The molecule has 1 amide bonds. The SMILES string of the molecule is Cc1cc(C)c2c(OCC(=O)NCCN(C)Cc3ccccc3)nn(C)c2n1. The maximum atomic E-state index is 12.1. The Morgan fingerprint density at radius 3 is 2.75 bits per heavy atom. The monoisotopic (exact) mass is 381 g/mol. The van der Waals surface area contributed by atoms with Crippen LogP contribution >= 0.6 is 0 Å². The maximum absolute atomic E-state index is 12.1. The average Bonchev–Trinajstić information content (AvgIpc) is 2.97. The fourth-order valence-corrected chi connectivity index (χ4v) is 3.20. The minimum atomic E-state index is -0.162. The Morgan fingerprint density at radius 2 is 2.00 bits per heavy atom. The topological polar surface area (TPSA) is 72.3 Å². The maximum Gasteiger partial charge on any atom is 0.258 e. The Morgan fingerprint density at radius 1 is 1.25 bits per heavy atom. The molecule has 7 nitrogen and oxygen atoms in total. The number of pyridine rings is 1. The van der Waals surface area contributed by atoms with Gasteiger partial charge in [-0.2, -0.15) is 0 Å². The Labute approximate surface area is 165 Å². The summed E-state index contributed by atoms with van der Waals surface area (Å²) in [5.74, 6) is 0.281. The van der Waals surface area contributed by atoms with E-state index in [1.807, 2.05) is 52.2 Å². The number of benzene rings is 1. The molecule has 0 fully saturated rings. The lowest BCUT2D eigenvalue weighted by atomic mass is 10.2. The predicted molar refractivity (Wildman–Crippen MR) is 109 cm³/mol. The van der Waals surface area contributed by atoms with Crippen LogP contribution in [0, 0.1) is 13.8 Å². The molecule has 0 unspecified atom stereocenters. The summed E-state index contributed by atoms with van der Waals surface area (Å²) in [5.41, 5.74) is 3.97. The van der Waals surface area contributed by atoms with E-state index in [4.69, 9.17) is 4.74 Å². The van der Waals surface area contributed by atoms with Crippen LogP contribution < -0.4 is 10.1 Å². The summed E-state index contributed by atoms with van der Waals surface area (Å²) in [5, 5.41) is 8.11. The summed E-state index contributed by atoms with van der Waals surface area (Å²) in [6, 6.07) is 12.2. The molecule has 7 heteroatoms. The van der Waals surface area contributed by atoms with Crippen LogP contribution in [0.1, 0.15) is 16.8 Å². The van der Waals surface area contributed by atoms with Gasteiger partial charge >= 0.3 is 0 Å². The van der Waals surface area contributed by atoms with Crippen molar-refractivity contribution in [1.82, 2.24) is 25.0 Å². The highest BCUT2D eigenvalue weighted by Gasteiger charge is 2.15. The summed E-state index contributed by atoms with van der Waals surface area (Å²) in [6.07, 6.45) is 0. The first-order chi connectivity index (χ1) is 13.4. The highest BCUT2D eigenvalue weighted by Crippen LogP contribution is 2.26. The number of nitrogens with one attached hydrogen (secondary N) is 1. The van der Waals surface area contributed by atoms with E-state index in [0.29, 0.717) is 12.4 Å². The lowest BCUT2D eigenvalue weighted by Crippen LogP contribution is -2.35. The Bertz CT molecular complexity index is 952. The van der Waals surface area contributed by atoms with Crippen LogP contribution in [0.25, 0.3) is 11.0 Å². The van der Waals surface area contributed by atoms with E-state index in [9.17, 15) is 4.79 Å². The standard InChI is InChI=1S/C21H27N5O2/c1-15-12-16(2)23-20-19(15)21(24-26(20)4)28-14-18(27)22-10-11-25(3)13-17-8-6-5-7-9-17/h5-9,12H,10-11,13-14H2,1-4H3,(H,22,27). The van der Waals surface area contributed by atoms with Crippen molar-refractivity contribution in [1.29, 1.82) is 0 Å². The molecule has 0 bridgehead atoms. The molecule has 28 heavy (non-hydrogen) atoms. The van der Waals surface area contributed by atoms with E-state index in [1.165, 1.54) is 5.56 Å². The van der Waals surface area contributed by atoms with Gasteiger partial charge in [0.15, 0.2) is 12.3 Å². The summed E-state index contributed by atoms with van der Waals surface area (Å²) in [6.45, 7) is 6.04. The number of nitrogens with zero attached hydrogens (tertiary/aromatic N) is 4. The molecule has 1 aromatic carbocycles. The fraction of sp³-hybridized carbons (Fsp3) is 0.381. The summed E-state index contributed by atoms with van der Waals surface area (Å²) < 4.78 is 7.36. The van der Waals surface area contributed by atoms with Crippen molar-refractivity contribution < 1.29 is 9.53 Å². The van der Waals surface area contributed by atoms with E-state index >= 15 is 0 Å². The molecular weight excluding hydrogens is 354 g/mol. The zero-order chi connectivity index (χ0) is 20.1. The number of aryl methyl sites for hydroxylation is 3. The third kappa shape index (κ3) is 4.86. The number of fused-ring (bicyclic) bond motifs is 1. The molecule has 0 aliphatic rings. The van der Waals surface area contributed by atoms with Crippen LogP contribution in [0.3, 0.4) is 0 Å². The van der Waals surface area contributed by atoms with Crippen LogP contribution in [0.4, 0.5) is 0 Å². The minimum absolute atomic E-state index is 0.0676. The van der Waals surface area contributed by atoms with Crippen LogP contribution in [0.2, 0.25) is 0 Å². The molecule has 0 saturated carbocycles. The van der Waals surface area contributed by atoms with Crippen LogP contribution in [-0.2, 0) is 18.4 Å². The highest BCUT2D eigenvalue weighted by atomic mass is 16.5. The molecule has 148 valence electrons. The molecule has 0 aliphatic heterocycles. The van der Waals surface area contributed by atoms with Crippen molar-refractivity contribution in [2.45, 2.75) is 20.4 Å². The fourth-order valence-electron chi connectivity index (χ4n) is 3.20. The van der Waals surface area contributed by atoms with E-state index in [2.05, 4.69) is 32.4 Å². The van der Waals surface area contributed by atoms with E-state index in [0.717, 1.165) is 35.4 Å². The van der Waals surface area contributed by atoms with Crippen molar-refractivity contribution in [3.63, 3.8) is 0 Å². The lowest BCUT2D eigenvalue weighted by Gasteiger charge is -2.17. The number of amides is 1. The summed E-state index contributed by atoms with van der Waals surface area (Å²) in [7, 11) is 3.86. The molecule has 2 aromatic heterocycles. The molecule has 1 N–H and O–H groups in total. The zero-order valence-corrected chi connectivity index (χ0v) is 16.9. The van der Waals surface area contributed by atoms with Gasteiger partial charge in [0.1, 0.15) is 0 Å². The number of ether oxygens (including phenoxy) is 1. The number of likely N-dealkylation sites (N-methyl/N-ethyl adjacent to an activating group) is 1. The van der Waals surface area contributed by atoms with Gasteiger partial charge in [-0.25, -0.2) is 9.67 Å². The van der Waals surface area contributed by atoms with Gasteiger partial charge in [-0.05, 0) is 38.1 Å². The predicted octanol–water partition coefficient (Wildman–Crippen LogP) is 2.21. The number of carbonyl (C=O) groups is 1. The van der Waals surface area contributed by atoms with Crippen LogP contribution in [0.5, 0.6) is 5.88 Å². The van der Waals surface area contributed by atoms with Gasteiger partial charge in [0.25, 0.3) is 5.91 Å². The van der Waals surface area contributed by atoms with Crippen LogP contribution in [-0.4, -0.2) is 52.3 Å². The quantitative estimate of drug-likeness (QED) is 0.648. The smallest absolute Gasteiger partial charge is 0.258 e. The van der Waals surface area contributed by atoms with Crippen molar-refractivity contribution >= 4 is 16.9 Å². The first kappa shape index (κ1) is 19.8. The Balaban J connectivity index is 1.48. The first-order valence-electron chi connectivity index (χ1n) is 9.37. The molecule has 0 aliphatic carbocycles. The van der Waals surface area contributed by atoms with Gasteiger partial charge in [0.05, 0.1) is 5.39 Å². The Hall–Kier alpha value is -2.93. The number of hydrogen-bond acceptors (Lipinski definition) is 5. The summed E-state index contributed by atoms with van der Waals surface area (Å²) in [4.78, 5) is 18.8. The van der Waals surface area contributed by atoms with Crippen molar-refractivity contribution in [2.75, 3.05) is 26.7 Å². The van der Waals surface area contributed by atoms with Crippen molar-refractivity contribution in [2.24, 2.45) is 7.05 Å². The third-order valence-corrected chi connectivity index (χ3v) is 4.54. The summed E-state index contributed by atoms with van der Waals surface area (Å²) >= 11 is 0. The molecular formula is C21H27N5O2. The largest absolute Gasteiger partial charge is 0.466 e. The van der Waals surface area contributed by atoms with E-state index < -0.39 is 0 Å². The van der Waals surface area contributed by atoms with Crippen molar-refractivity contribution in [3.05, 3.63) is 53.2 Å². The normalized spacial score (nSPS) is 11.2. The van der Waals surface area contributed by atoms with Gasteiger partial charge in [-0.15, -0.1) is 5.10 Å². The zero-order valence-electron chi connectivity index (χ0n) is 16.9. The number of hydrogen-bond donors (Lipinski definition) is 1. The van der Waals surface area contributed by atoms with E-state index in [1.54, 1.807) is 4.68 Å². The minimum Gasteiger partial charge on any atom is -0.466 e. The van der Waals surface area contributed by atoms with Gasteiger partial charge in [0, 0.05) is 32.4 Å². The van der Waals surface area contributed by atoms with E-state index in [-0.39, 0.29) is 12.5 Å². The molecule has 0 saturated heterocycles. The third-order valence-electron chi connectivity index (χ3n) is 4.54. The number of rotatable bonds is 8. The highest BCUT2D eigenvalue weighted by molar-refractivity contribution is 5.85. The molecule has 0 atom stereocenters. The molecule has 3 rings (SSSR count). The second kappa shape index (κ2) is 8.84. The molecule has 3 aromatic rings. The van der Waals surface area contributed by atoms with Gasteiger partial charge < -0.3 is 15.0 Å². The molecule has 0 radical (unpaired) electrons. The average molecular weight is 381 g/mol. The molecule has 2 heterocycles. The second-order valence-corrected chi connectivity index (χ2v) is 7.07. The first-order valence-corrected chi connectivity index (χ1v) is 9.37. The van der Waals surface area contributed by atoms with Crippen molar-refractivity contribution in [3.8, 4) is 5.88 Å². The number of carbonyl (C=O) groups excluding carboxylic acids is 1. The molecule has 0 spiro atoms. The van der Waals surface area contributed by atoms with Gasteiger partial charge in [-0.1, -0.05) is 30.3 Å². The van der Waals surface area contributed by atoms with Gasteiger partial charge in [0.2, 0.25) is 5.88 Å². The van der Waals surface area contributed by atoms with Crippen LogP contribution in [0.15, 0.2) is 36.4 Å². The Kier molecular flexibility index (Phi) is 6.26.